The maximum Gasteiger partial charge on any atom is 0.275 e. The van der Waals surface area contributed by atoms with Gasteiger partial charge in [-0.1, -0.05) is 19.6 Å². The molecule has 0 saturated heterocycles. The van der Waals surface area contributed by atoms with Gasteiger partial charge in [0.05, 0.1) is 22.1 Å². The highest BCUT2D eigenvalue weighted by atomic mass is 32.1. The van der Waals surface area contributed by atoms with E-state index in [0.29, 0.717) is 12.2 Å². The van der Waals surface area contributed by atoms with Crippen molar-refractivity contribution in [2.75, 3.05) is 6.61 Å². The Morgan fingerprint density at radius 2 is 2.22 bits per heavy atom. The van der Waals surface area contributed by atoms with Gasteiger partial charge in [-0.15, -0.1) is 11.3 Å². The SMILES string of the molecule is C[Si](C)(C)CCOCn1cc(-c2cc3scnc3c(=O)[nH]2)cn1. The first-order valence-electron chi connectivity index (χ1n) is 7.49. The van der Waals surface area contributed by atoms with Gasteiger partial charge < -0.3 is 9.72 Å². The van der Waals surface area contributed by atoms with E-state index in [2.05, 4.69) is 34.7 Å². The van der Waals surface area contributed by atoms with Crippen molar-refractivity contribution in [2.45, 2.75) is 32.4 Å². The zero-order valence-electron chi connectivity index (χ0n) is 13.5. The van der Waals surface area contributed by atoms with Crippen LogP contribution in [0.25, 0.3) is 21.5 Å². The highest BCUT2D eigenvalue weighted by Gasteiger charge is 2.12. The molecule has 0 aliphatic rings. The highest BCUT2D eigenvalue weighted by molar-refractivity contribution is 7.16. The molecule has 3 aromatic rings. The summed E-state index contributed by atoms with van der Waals surface area (Å²) < 4.78 is 8.30. The Morgan fingerprint density at radius 3 is 3.00 bits per heavy atom. The first-order chi connectivity index (χ1) is 10.9. The molecule has 122 valence electrons. The lowest BCUT2D eigenvalue weighted by molar-refractivity contribution is 0.0786. The van der Waals surface area contributed by atoms with Crippen molar-refractivity contribution in [1.82, 2.24) is 19.7 Å². The number of thiazole rings is 1. The van der Waals surface area contributed by atoms with Gasteiger partial charge in [0.15, 0.2) is 0 Å². The zero-order chi connectivity index (χ0) is 16.4. The van der Waals surface area contributed by atoms with Crippen LogP contribution in [0.5, 0.6) is 0 Å². The number of fused-ring (bicyclic) bond motifs is 1. The first kappa shape index (κ1) is 16.1. The lowest BCUT2D eigenvalue weighted by atomic mass is 10.2. The van der Waals surface area contributed by atoms with Crippen LogP contribution in [0.4, 0.5) is 0 Å². The van der Waals surface area contributed by atoms with E-state index in [0.717, 1.165) is 28.6 Å². The van der Waals surface area contributed by atoms with Crippen LogP contribution in [0.1, 0.15) is 0 Å². The molecule has 1 N–H and O–H groups in total. The fourth-order valence-electron chi connectivity index (χ4n) is 2.14. The molecular weight excluding hydrogens is 328 g/mol. The van der Waals surface area contributed by atoms with Crippen LogP contribution >= 0.6 is 11.3 Å². The average Bonchev–Trinajstić information content (AvgIpc) is 3.11. The van der Waals surface area contributed by atoms with Crippen molar-refractivity contribution in [2.24, 2.45) is 0 Å². The van der Waals surface area contributed by atoms with Gasteiger partial charge in [0.2, 0.25) is 0 Å². The van der Waals surface area contributed by atoms with Gasteiger partial charge in [-0.2, -0.15) is 5.10 Å². The van der Waals surface area contributed by atoms with Gasteiger partial charge in [-0.25, -0.2) is 9.67 Å². The quantitative estimate of drug-likeness (QED) is 0.548. The molecule has 0 aliphatic carbocycles. The van der Waals surface area contributed by atoms with Crippen LogP contribution in [-0.2, 0) is 11.5 Å². The standard InChI is InChI=1S/C15H20N4O2SSi/c1-23(2,3)5-4-21-10-19-8-11(7-17-19)12-6-13-14(15(20)18-12)16-9-22-13/h6-9H,4-5,10H2,1-3H3,(H,18,20). The smallest absolute Gasteiger partial charge is 0.275 e. The summed E-state index contributed by atoms with van der Waals surface area (Å²) >= 11 is 1.46. The Morgan fingerprint density at radius 1 is 1.39 bits per heavy atom. The minimum atomic E-state index is -1.07. The number of nitrogens with one attached hydrogen (secondary N) is 1. The van der Waals surface area contributed by atoms with E-state index in [1.807, 2.05) is 12.3 Å². The van der Waals surface area contributed by atoms with Crippen molar-refractivity contribution < 1.29 is 4.74 Å². The van der Waals surface area contributed by atoms with E-state index in [4.69, 9.17) is 4.74 Å². The predicted molar refractivity (Wildman–Crippen MR) is 95.6 cm³/mol. The van der Waals surface area contributed by atoms with E-state index in [9.17, 15) is 4.79 Å². The summed E-state index contributed by atoms with van der Waals surface area (Å²) in [6.07, 6.45) is 3.62. The van der Waals surface area contributed by atoms with Crippen LogP contribution in [0.15, 0.2) is 28.8 Å². The monoisotopic (exact) mass is 348 g/mol. The van der Waals surface area contributed by atoms with E-state index >= 15 is 0 Å². The van der Waals surface area contributed by atoms with Gasteiger partial charge >= 0.3 is 0 Å². The van der Waals surface area contributed by atoms with Crippen LogP contribution in [0.3, 0.4) is 0 Å². The number of hydrogen-bond donors (Lipinski definition) is 1. The minimum Gasteiger partial charge on any atom is -0.360 e. The first-order valence-corrected chi connectivity index (χ1v) is 12.1. The third-order valence-electron chi connectivity index (χ3n) is 3.50. The third-order valence-corrected chi connectivity index (χ3v) is 5.98. The molecule has 0 bridgehead atoms. The minimum absolute atomic E-state index is 0.169. The molecule has 0 atom stereocenters. The molecule has 0 spiro atoms. The Hall–Kier alpha value is -1.77. The lowest BCUT2D eigenvalue weighted by Crippen LogP contribution is -2.22. The van der Waals surface area contributed by atoms with Gasteiger partial charge in [0.25, 0.3) is 5.56 Å². The van der Waals surface area contributed by atoms with Crippen molar-refractivity contribution >= 4 is 29.6 Å². The molecule has 0 aromatic carbocycles. The van der Waals surface area contributed by atoms with Crippen LogP contribution in [0.2, 0.25) is 25.7 Å². The molecule has 0 radical (unpaired) electrons. The Balaban J connectivity index is 1.69. The van der Waals surface area contributed by atoms with E-state index in [1.165, 1.54) is 11.3 Å². The molecule has 3 heterocycles. The molecule has 3 rings (SSSR count). The second-order valence-electron chi connectivity index (χ2n) is 6.69. The molecule has 0 aliphatic heterocycles. The Kier molecular flexibility index (Phi) is 4.47. The second kappa shape index (κ2) is 6.38. The van der Waals surface area contributed by atoms with Gasteiger partial charge in [0, 0.05) is 26.4 Å². The fourth-order valence-corrected chi connectivity index (χ4v) is 3.61. The number of ether oxygens (including phenoxy) is 1. The molecule has 6 nitrogen and oxygen atoms in total. The fraction of sp³-hybridized carbons (Fsp3) is 0.400. The topological polar surface area (TPSA) is 72.8 Å². The second-order valence-corrected chi connectivity index (χ2v) is 13.2. The third kappa shape index (κ3) is 3.95. The summed E-state index contributed by atoms with van der Waals surface area (Å²) in [6, 6.07) is 3.07. The number of aromatic nitrogens is 4. The predicted octanol–water partition coefficient (Wildman–Crippen LogP) is 3.16. The number of rotatable bonds is 6. The van der Waals surface area contributed by atoms with E-state index in [1.54, 1.807) is 16.4 Å². The van der Waals surface area contributed by atoms with Crippen LogP contribution < -0.4 is 5.56 Å². The summed E-state index contributed by atoms with van der Waals surface area (Å²) in [4.78, 5) is 18.9. The summed E-state index contributed by atoms with van der Waals surface area (Å²) in [5.74, 6) is 0. The summed E-state index contributed by atoms with van der Waals surface area (Å²) in [6.45, 7) is 8.17. The van der Waals surface area contributed by atoms with Crippen molar-refractivity contribution in [3.05, 3.63) is 34.3 Å². The number of aromatic amines is 1. The molecular formula is C15H20N4O2SSi. The Labute approximate surface area is 139 Å². The average molecular weight is 349 g/mol. The zero-order valence-corrected chi connectivity index (χ0v) is 15.3. The summed E-state index contributed by atoms with van der Waals surface area (Å²) in [7, 11) is -1.07. The number of hydrogen-bond acceptors (Lipinski definition) is 5. The molecule has 8 heteroatoms. The van der Waals surface area contributed by atoms with Crippen molar-refractivity contribution in [3.8, 4) is 11.3 Å². The van der Waals surface area contributed by atoms with Gasteiger partial charge in [0.1, 0.15) is 12.2 Å². The van der Waals surface area contributed by atoms with E-state index in [-0.39, 0.29) is 5.56 Å². The maximum absolute atomic E-state index is 12.0. The van der Waals surface area contributed by atoms with E-state index < -0.39 is 8.07 Å². The molecule has 3 aromatic heterocycles. The summed E-state index contributed by atoms with van der Waals surface area (Å²) in [5, 5.41) is 4.29. The number of H-pyrrole nitrogens is 1. The normalized spacial score (nSPS) is 12.1. The number of nitrogens with zero attached hydrogens (tertiary/aromatic N) is 3. The molecule has 0 unspecified atom stereocenters. The number of pyridine rings is 1. The van der Waals surface area contributed by atoms with Crippen LogP contribution in [-0.4, -0.2) is 34.4 Å². The van der Waals surface area contributed by atoms with Gasteiger partial charge in [-0.05, 0) is 12.1 Å². The Bertz CT molecular complexity index is 862. The van der Waals surface area contributed by atoms with Crippen LogP contribution in [0, 0.1) is 0 Å². The lowest BCUT2D eigenvalue weighted by Gasteiger charge is -2.15. The largest absolute Gasteiger partial charge is 0.360 e. The van der Waals surface area contributed by atoms with Gasteiger partial charge in [-0.3, -0.25) is 4.79 Å². The molecule has 0 fully saturated rings. The maximum atomic E-state index is 12.0. The molecule has 0 saturated carbocycles. The highest BCUT2D eigenvalue weighted by Crippen LogP contribution is 2.21. The molecule has 23 heavy (non-hydrogen) atoms. The van der Waals surface area contributed by atoms with Crippen molar-refractivity contribution in [1.29, 1.82) is 0 Å². The van der Waals surface area contributed by atoms with Crippen molar-refractivity contribution in [3.63, 3.8) is 0 Å². The molecule has 0 amide bonds. The summed E-state index contributed by atoms with van der Waals surface area (Å²) in [5.41, 5.74) is 3.62.